The summed E-state index contributed by atoms with van der Waals surface area (Å²) in [5, 5.41) is 20.6. The second-order valence-corrected chi connectivity index (χ2v) is 9.53. The van der Waals surface area contributed by atoms with Crippen LogP contribution in [-0.4, -0.2) is 82.0 Å². The van der Waals surface area contributed by atoms with Crippen LogP contribution in [-0.2, 0) is 6.42 Å². The second-order valence-electron chi connectivity index (χ2n) is 9.53. The van der Waals surface area contributed by atoms with E-state index in [4.69, 9.17) is 19.8 Å². The fraction of sp³-hybridized carbons (Fsp3) is 0.423. The van der Waals surface area contributed by atoms with Gasteiger partial charge in [-0.1, -0.05) is 24.3 Å². The molecule has 2 fully saturated rings. The summed E-state index contributed by atoms with van der Waals surface area (Å²) in [6, 6.07) is 12.5. The highest BCUT2D eigenvalue weighted by Gasteiger charge is 2.24. The molecular weight excluding hydrogens is 442 g/mol. The highest BCUT2D eigenvalue weighted by molar-refractivity contribution is 5.87. The normalized spacial score (nSPS) is 19.1. The number of rotatable bonds is 6. The van der Waals surface area contributed by atoms with Gasteiger partial charge in [0.15, 0.2) is 11.5 Å². The van der Waals surface area contributed by atoms with Gasteiger partial charge in [0.1, 0.15) is 12.4 Å². The third kappa shape index (κ3) is 4.37. The molecule has 182 valence electrons. The average molecular weight is 474 g/mol. The molecule has 35 heavy (non-hydrogen) atoms. The molecule has 9 nitrogen and oxygen atoms in total. The van der Waals surface area contributed by atoms with Gasteiger partial charge in [-0.3, -0.25) is 0 Å². The van der Waals surface area contributed by atoms with Crippen LogP contribution < -0.4 is 15.0 Å². The van der Waals surface area contributed by atoms with Crippen molar-refractivity contribution < 1.29 is 9.84 Å². The number of aromatic hydroxyl groups is 1. The van der Waals surface area contributed by atoms with Crippen LogP contribution in [0.25, 0.3) is 16.4 Å². The van der Waals surface area contributed by atoms with Crippen molar-refractivity contribution in [1.82, 2.24) is 29.8 Å². The Morgan fingerprint density at radius 1 is 1.14 bits per heavy atom. The predicted octanol–water partition coefficient (Wildman–Crippen LogP) is 2.46. The molecule has 2 aromatic carbocycles. The molecule has 0 amide bonds. The zero-order chi connectivity index (χ0) is 23.8. The number of phenols is 1. The lowest BCUT2D eigenvalue weighted by atomic mass is 10.0. The van der Waals surface area contributed by atoms with E-state index < -0.39 is 0 Å². The Labute approximate surface area is 204 Å². The van der Waals surface area contributed by atoms with Crippen molar-refractivity contribution in [3.05, 3.63) is 53.9 Å². The number of benzene rings is 2. The molecule has 0 spiro atoms. The number of imidazole rings is 1. The molecule has 4 heterocycles. The molecule has 0 radical (unpaired) electrons. The fourth-order valence-corrected chi connectivity index (χ4v) is 5.24. The number of aromatic nitrogens is 4. The van der Waals surface area contributed by atoms with Crippen molar-refractivity contribution in [2.75, 3.05) is 51.3 Å². The largest absolute Gasteiger partial charge is 0.508 e. The van der Waals surface area contributed by atoms with Gasteiger partial charge in [-0.15, -0.1) is 5.10 Å². The lowest BCUT2D eigenvalue weighted by Gasteiger charge is -2.28. The summed E-state index contributed by atoms with van der Waals surface area (Å²) in [5.74, 6) is 1.07. The van der Waals surface area contributed by atoms with Crippen LogP contribution in [0.15, 0.2) is 42.6 Å². The number of hydrogen-bond donors (Lipinski definition) is 2. The van der Waals surface area contributed by atoms with Crippen molar-refractivity contribution in [2.24, 2.45) is 0 Å². The van der Waals surface area contributed by atoms with Gasteiger partial charge in [-0.2, -0.15) is 4.98 Å². The van der Waals surface area contributed by atoms with E-state index in [0.717, 1.165) is 72.6 Å². The van der Waals surface area contributed by atoms with Crippen molar-refractivity contribution in [3.8, 4) is 11.8 Å². The maximum atomic E-state index is 10.3. The number of ether oxygens (including phenoxy) is 1. The molecule has 2 aromatic heterocycles. The Hall–Kier alpha value is -3.43. The summed E-state index contributed by atoms with van der Waals surface area (Å²) < 4.78 is 8.04. The SMILES string of the molecule is CN1CCC[C@H]1COc1nc(N2CCNCC2)c2ncc(Cc3cc(O)cc4ccccc34)n2n1. The van der Waals surface area contributed by atoms with Crippen LogP contribution in [0.4, 0.5) is 5.82 Å². The monoisotopic (exact) mass is 473 g/mol. The van der Waals surface area contributed by atoms with Gasteiger partial charge < -0.3 is 25.0 Å². The van der Waals surface area contributed by atoms with Crippen LogP contribution in [0.1, 0.15) is 24.1 Å². The van der Waals surface area contributed by atoms with Gasteiger partial charge >= 0.3 is 6.01 Å². The first-order valence-corrected chi connectivity index (χ1v) is 12.4. The van der Waals surface area contributed by atoms with Gasteiger partial charge in [0, 0.05) is 38.6 Å². The number of hydrogen-bond acceptors (Lipinski definition) is 8. The zero-order valence-electron chi connectivity index (χ0n) is 20.0. The maximum Gasteiger partial charge on any atom is 0.336 e. The van der Waals surface area contributed by atoms with Crippen LogP contribution in [0, 0.1) is 0 Å². The van der Waals surface area contributed by atoms with Gasteiger partial charge in [0.25, 0.3) is 0 Å². The average Bonchev–Trinajstić information content (AvgIpc) is 3.48. The predicted molar refractivity (Wildman–Crippen MR) is 135 cm³/mol. The van der Waals surface area contributed by atoms with Gasteiger partial charge in [0.2, 0.25) is 0 Å². The van der Waals surface area contributed by atoms with E-state index in [-0.39, 0.29) is 5.75 Å². The standard InChI is InChI=1S/C26H31N7O2/c1-31-10-4-6-20(31)17-35-26-29-25(32-11-8-27-9-12-32)24-28-16-21(33(24)30-26)13-19-15-22(34)14-18-5-2-3-7-23(18)19/h2-3,5,7,14-16,20,27,34H,4,6,8-13,17H2,1H3/t20-/m0/s1. The highest BCUT2D eigenvalue weighted by Crippen LogP contribution is 2.28. The smallest absolute Gasteiger partial charge is 0.336 e. The first-order valence-electron chi connectivity index (χ1n) is 12.4. The minimum Gasteiger partial charge on any atom is -0.508 e. The fourth-order valence-electron chi connectivity index (χ4n) is 5.24. The number of phenolic OH excluding ortho intramolecular Hbond substituents is 1. The van der Waals surface area contributed by atoms with Crippen LogP contribution >= 0.6 is 0 Å². The minimum atomic E-state index is 0.258. The molecule has 2 aliphatic rings. The number of nitrogens with zero attached hydrogens (tertiary/aromatic N) is 6. The molecule has 9 heteroatoms. The lowest BCUT2D eigenvalue weighted by molar-refractivity contribution is 0.186. The summed E-state index contributed by atoms with van der Waals surface area (Å²) in [6.45, 7) is 5.20. The third-order valence-corrected chi connectivity index (χ3v) is 7.19. The summed E-state index contributed by atoms with van der Waals surface area (Å²) in [4.78, 5) is 14.1. The first-order chi connectivity index (χ1) is 17.2. The van der Waals surface area contributed by atoms with E-state index in [1.54, 1.807) is 6.07 Å². The Balaban J connectivity index is 1.39. The molecule has 0 unspecified atom stereocenters. The molecule has 0 aliphatic carbocycles. The topological polar surface area (TPSA) is 91.0 Å². The Morgan fingerprint density at radius 2 is 2.00 bits per heavy atom. The van der Waals surface area contributed by atoms with Crippen LogP contribution in [0.2, 0.25) is 0 Å². The Bertz CT molecular complexity index is 1350. The number of piperazine rings is 1. The molecular formula is C26H31N7O2. The highest BCUT2D eigenvalue weighted by atomic mass is 16.5. The van der Waals surface area contributed by atoms with Crippen LogP contribution in [0.3, 0.4) is 0 Å². The van der Waals surface area contributed by atoms with Crippen molar-refractivity contribution in [2.45, 2.75) is 25.3 Å². The van der Waals surface area contributed by atoms with E-state index in [1.165, 1.54) is 6.42 Å². The molecule has 0 saturated carbocycles. The molecule has 0 bridgehead atoms. The summed E-state index contributed by atoms with van der Waals surface area (Å²) in [6.07, 6.45) is 4.77. The molecule has 1 atom stereocenters. The molecule has 4 aromatic rings. The van der Waals surface area contributed by atoms with Crippen molar-refractivity contribution in [1.29, 1.82) is 0 Å². The first kappa shape index (κ1) is 22.1. The Kier molecular flexibility index (Phi) is 5.87. The molecule has 6 rings (SSSR count). The van der Waals surface area contributed by atoms with Crippen molar-refractivity contribution >= 4 is 22.2 Å². The molecule has 2 aliphatic heterocycles. The second kappa shape index (κ2) is 9.31. The van der Waals surface area contributed by atoms with E-state index >= 15 is 0 Å². The van der Waals surface area contributed by atoms with Gasteiger partial charge in [0.05, 0.1) is 11.9 Å². The third-order valence-electron chi connectivity index (χ3n) is 7.19. The van der Waals surface area contributed by atoms with Crippen LogP contribution in [0.5, 0.6) is 11.8 Å². The maximum absolute atomic E-state index is 10.3. The van der Waals surface area contributed by atoms with E-state index in [9.17, 15) is 5.11 Å². The van der Waals surface area contributed by atoms with Gasteiger partial charge in [-0.05, 0) is 54.9 Å². The number of nitrogens with one attached hydrogen (secondary N) is 1. The number of anilines is 1. The van der Waals surface area contributed by atoms with E-state index in [2.05, 4.69) is 28.2 Å². The summed E-state index contributed by atoms with van der Waals surface area (Å²) in [5.41, 5.74) is 2.69. The zero-order valence-corrected chi connectivity index (χ0v) is 20.0. The quantitative estimate of drug-likeness (QED) is 0.441. The number of likely N-dealkylation sites (N-methyl/N-ethyl adjacent to an activating group) is 1. The summed E-state index contributed by atoms with van der Waals surface area (Å²) in [7, 11) is 2.14. The molecule has 2 N–H and O–H groups in total. The summed E-state index contributed by atoms with van der Waals surface area (Å²) >= 11 is 0. The van der Waals surface area contributed by atoms with E-state index in [0.29, 0.717) is 25.1 Å². The number of likely N-dealkylation sites (tertiary alicyclic amines) is 1. The van der Waals surface area contributed by atoms with E-state index in [1.807, 2.05) is 35.0 Å². The van der Waals surface area contributed by atoms with Gasteiger partial charge in [-0.25, -0.2) is 9.50 Å². The lowest BCUT2D eigenvalue weighted by Crippen LogP contribution is -2.44. The molecule has 2 saturated heterocycles. The number of fused-ring (bicyclic) bond motifs is 2. The van der Waals surface area contributed by atoms with Crippen molar-refractivity contribution in [3.63, 3.8) is 0 Å². The minimum absolute atomic E-state index is 0.258. The Morgan fingerprint density at radius 3 is 2.83 bits per heavy atom.